The molecule has 0 saturated heterocycles. The molecule has 0 spiro atoms. The summed E-state index contributed by atoms with van der Waals surface area (Å²) in [5.41, 5.74) is 8.81. The first-order valence-electron chi connectivity index (χ1n) is 11.7. The first-order valence-corrected chi connectivity index (χ1v) is 11.7. The number of benzene rings is 2. The van der Waals surface area contributed by atoms with Crippen LogP contribution in [-0.2, 0) is 22.5 Å². The van der Waals surface area contributed by atoms with Gasteiger partial charge in [-0.25, -0.2) is 9.68 Å². The predicted molar refractivity (Wildman–Crippen MR) is 136 cm³/mol. The second-order valence-electron chi connectivity index (χ2n) is 10.1. The lowest BCUT2D eigenvalue weighted by Gasteiger charge is -2.45. The Morgan fingerprint density at radius 1 is 1.00 bits per heavy atom. The number of alkyl carbamates (subject to hydrolysis) is 1. The van der Waals surface area contributed by atoms with E-state index >= 15 is 0 Å². The van der Waals surface area contributed by atoms with Crippen molar-refractivity contribution in [3.63, 3.8) is 0 Å². The van der Waals surface area contributed by atoms with E-state index in [0.717, 1.165) is 32.1 Å². The molecular formula is C27H44N2O4. The molecule has 4 N–H and O–H groups in total. The predicted octanol–water partition coefficient (Wildman–Crippen LogP) is 5.71. The largest absolute Gasteiger partial charge is 0.449 e. The van der Waals surface area contributed by atoms with E-state index < -0.39 is 0 Å². The minimum absolute atomic E-state index is 0. The second-order valence-corrected chi connectivity index (χ2v) is 10.1. The van der Waals surface area contributed by atoms with Crippen LogP contribution in [0.3, 0.4) is 0 Å². The molecule has 0 aliphatic heterocycles. The van der Waals surface area contributed by atoms with Gasteiger partial charge in [0, 0.05) is 21.9 Å². The van der Waals surface area contributed by atoms with Gasteiger partial charge in [0.2, 0.25) is 0 Å². The van der Waals surface area contributed by atoms with Gasteiger partial charge in [-0.3, -0.25) is 5.26 Å². The molecule has 0 heterocycles. The monoisotopic (exact) mass is 460 g/mol. The molecule has 6 nitrogen and oxygen atoms in total. The molecule has 186 valence electrons. The lowest BCUT2D eigenvalue weighted by molar-refractivity contribution is -0.241. The van der Waals surface area contributed by atoms with Gasteiger partial charge in [-0.2, -0.15) is 0 Å². The average molecular weight is 461 g/mol. The fourth-order valence-corrected chi connectivity index (χ4v) is 4.90. The van der Waals surface area contributed by atoms with Crippen LogP contribution in [0.5, 0.6) is 0 Å². The normalized spacial score (nSPS) is 21.4. The van der Waals surface area contributed by atoms with Crippen LogP contribution in [-0.4, -0.2) is 37.2 Å². The number of carbonyl (C=O) groups is 1. The first-order chi connectivity index (χ1) is 15.7. The summed E-state index contributed by atoms with van der Waals surface area (Å²) >= 11 is 0. The number of ether oxygens (including phenoxy) is 1. The van der Waals surface area contributed by atoms with Crippen molar-refractivity contribution >= 4 is 6.09 Å². The van der Waals surface area contributed by atoms with Gasteiger partial charge in [-0.1, -0.05) is 81.4 Å². The van der Waals surface area contributed by atoms with Gasteiger partial charge >= 0.3 is 6.09 Å². The maximum atomic E-state index is 11.9. The fourth-order valence-electron chi connectivity index (χ4n) is 4.90. The van der Waals surface area contributed by atoms with Crippen LogP contribution in [0.15, 0.2) is 60.7 Å². The number of hydrogen-bond donors (Lipinski definition) is 3. The van der Waals surface area contributed by atoms with Gasteiger partial charge < -0.3 is 15.8 Å². The fraction of sp³-hybridized carbons (Fsp3) is 0.519. The minimum atomic E-state index is -0.334. The van der Waals surface area contributed by atoms with E-state index in [1.807, 2.05) is 60.7 Å². The van der Waals surface area contributed by atoms with Crippen LogP contribution in [0, 0.1) is 10.8 Å². The van der Waals surface area contributed by atoms with E-state index in [4.69, 9.17) is 15.7 Å². The Balaban J connectivity index is 0.000000816. The van der Waals surface area contributed by atoms with Gasteiger partial charge in [0.15, 0.2) is 0 Å². The molecule has 2 unspecified atom stereocenters. The maximum absolute atomic E-state index is 11.9. The number of nitrogens with two attached hydrogens (primary N) is 1. The lowest BCUT2D eigenvalue weighted by Crippen LogP contribution is -2.47. The van der Waals surface area contributed by atoms with Crippen LogP contribution >= 0.6 is 0 Å². The highest BCUT2D eigenvalue weighted by Gasteiger charge is 2.40. The van der Waals surface area contributed by atoms with Gasteiger partial charge in [0.25, 0.3) is 0 Å². The van der Waals surface area contributed by atoms with Crippen molar-refractivity contribution in [3.05, 3.63) is 71.8 Å². The summed E-state index contributed by atoms with van der Waals surface area (Å²) in [6, 6.07) is 20.1. The van der Waals surface area contributed by atoms with Crippen molar-refractivity contribution in [3.8, 4) is 0 Å². The van der Waals surface area contributed by atoms with Crippen LogP contribution in [0.4, 0.5) is 4.79 Å². The Morgan fingerprint density at radius 3 is 2.06 bits per heavy atom. The standard InChI is InChI=1S/C19H30N2O2.C8H10O2.2H2/c1-18(2)11-16(20)12-19(3,13-18)14-21-17(22)23-10-9-15-7-5-4-6-8-15;9-10-7-6-8-4-2-1-3-5-8;;/h4-8,16H,9-14,20H2,1-3H3,(H,21,22);1-5,9H,6-7H2;2*1H. The van der Waals surface area contributed by atoms with Crippen LogP contribution < -0.4 is 11.1 Å². The quantitative estimate of drug-likeness (QED) is 0.346. The van der Waals surface area contributed by atoms with Crippen molar-refractivity contribution in [2.45, 2.75) is 58.9 Å². The number of rotatable bonds is 8. The van der Waals surface area contributed by atoms with Crippen LogP contribution in [0.1, 0.15) is 54.0 Å². The van der Waals surface area contributed by atoms with E-state index in [-0.39, 0.29) is 25.8 Å². The van der Waals surface area contributed by atoms with E-state index in [0.29, 0.717) is 19.8 Å². The molecule has 1 aliphatic rings. The highest BCUT2D eigenvalue weighted by atomic mass is 17.1. The van der Waals surface area contributed by atoms with Gasteiger partial charge in [0.05, 0.1) is 13.2 Å². The van der Waals surface area contributed by atoms with Crippen molar-refractivity contribution in [2.24, 2.45) is 16.6 Å². The molecule has 1 saturated carbocycles. The molecule has 0 radical (unpaired) electrons. The second kappa shape index (κ2) is 13.3. The molecule has 0 aromatic heterocycles. The lowest BCUT2D eigenvalue weighted by atomic mass is 9.63. The van der Waals surface area contributed by atoms with Crippen molar-refractivity contribution in [1.82, 2.24) is 5.32 Å². The Morgan fingerprint density at radius 2 is 1.55 bits per heavy atom. The molecule has 0 bridgehead atoms. The first kappa shape index (κ1) is 26.8. The Hall–Kier alpha value is -2.41. The molecule has 3 rings (SSSR count). The Kier molecular flexibility index (Phi) is 10.8. The zero-order valence-electron chi connectivity index (χ0n) is 20.3. The number of carbonyl (C=O) groups excluding carboxylic acids is 1. The third-order valence-corrected chi connectivity index (χ3v) is 5.93. The van der Waals surface area contributed by atoms with Gasteiger partial charge in [-0.05, 0) is 47.6 Å². The summed E-state index contributed by atoms with van der Waals surface area (Å²) in [4.78, 5) is 15.8. The maximum Gasteiger partial charge on any atom is 0.407 e. The molecule has 1 aliphatic carbocycles. The van der Waals surface area contributed by atoms with E-state index in [1.165, 1.54) is 11.1 Å². The number of hydrogen-bond acceptors (Lipinski definition) is 5. The molecule has 33 heavy (non-hydrogen) atoms. The van der Waals surface area contributed by atoms with Crippen molar-refractivity contribution in [1.29, 1.82) is 0 Å². The summed E-state index contributed by atoms with van der Waals surface area (Å²) in [5.74, 6) is 0. The summed E-state index contributed by atoms with van der Waals surface area (Å²) in [5, 5.41) is 10.9. The summed E-state index contributed by atoms with van der Waals surface area (Å²) in [6.07, 6.45) is 4.22. The van der Waals surface area contributed by atoms with E-state index in [1.54, 1.807) is 0 Å². The molecule has 1 amide bonds. The van der Waals surface area contributed by atoms with Crippen LogP contribution in [0.2, 0.25) is 0 Å². The summed E-state index contributed by atoms with van der Waals surface area (Å²) in [6.45, 7) is 8.10. The van der Waals surface area contributed by atoms with Crippen molar-refractivity contribution in [2.75, 3.05) is 19.8 Å². The van der Waals surface area contributed by atoms with Gasteiger partial charge in [0.1, 0.15) is 0 Å². The zero-order valence-corrected chi connectivity index (χ0v) is 20.3. The Bertz CT molecular complexity index is 824. The summed E-state index contributed by atoms with van der Waals surface area (Å²) < 4.78 is 5.28. The Labute approximate surface area is 201 Å². The zero-order chi connectivity index (χ0) is 24.2. The molecule has 1 fully saturated rings. The average Bonchev–Trinajstić information content (AvgIpc) is 2.77. The number of amides is 1. The third kappa shape index (κ3) is 10.8. The molecule has 2 aromatic carbocycles. The van der Waals surface area contributed by atoms with Crippen LogP contribution in [0.25, 0.3) is 0 Å². The topological polar surface area (TPSA) is 93.8 Å². The van der Waals surface area contributed by atoms with E-state index in [2.05, 4.69) is 31.0 Å². The molecule has 2 aromatic rings. The SMILES string of the molecule is CC1(C)CC(N)CC(C)(CNC(=O)OCCc2ccccc2)C1.OOCCc1ccccc1.[HH].[HH]. The van der Waals surface area contributed by atoms with E-state index in [9.17, 15) is 4.79 Å². The minimum Gasteiger partial charge on any atom is -0.449 e. The smallest absolute Gasteiger partial charge is 0.407 e. The highest BCUT2D eigenvalue weighted by Crippen LogP contribution is 2.45. The molecule has 2 atom stereocenters. The summed E-state index contributed by atoms with van der Waals surface area (Å²) in [7, 11) is 0. The third-order valence-electron chi connectivity index (χ3n) is 5.93. The van der Waals surface area contributed by atoms with Gasteiger partial charge in [-0.15, -0.1) is 0 Å². The molecular weight excluding hydrogens is 416 g/mol. The number of nitrogens with one attached hydrogen (secondary N) is 1. The van der Waals surface area contributed by atoms with Crippen molar-refractivity contribution < 1.29 is 22.5 Å². The highest BCUT2D eigenvalue weighted by molar-refractivity contribution is 5.67. The molecule has 6 heteroatoms.